The van der Waals surface area contributed by atoms with Gasteiger partial charge in [0, 0.05) is 4.90 Å². The van der Waals surface area contributed by atoms with Gasteiger partial charge in [0.15, 0.2) is 0 Å². The minimum Gasteiger partial charge on any atom is -0.473 e. The Labute approximate surface area is 87.3 Å². The molecule has 0 spiro atoms. The van der Waals surface area contributed by atoms with E-state index in [1.54, 1.807) is 0 Å². The quantitative estimate of drug-likeness (QED) is 0.719. The minimum absolute atomic E-state index is 0.833. The van der Waals surface area contributed by atoms with Crippen molar-refractivity contribution in [1.29, 1.82) is 0 Å². The summed E-state index contributed by atoms with van der Waals surface area (Å²) in [4.78, 5) is 11.3. The summed E-state index contributed by atoms with van der Waals surface area (Å²) in [6, 6.07) is 6.00. The van der Waals surface area contributed by atoms with E-state index in [-0.39, 0.29) is 0 Å². The maximum absolute atomic E-state index is 10.5. The van der Waals surface area contributed by atoms with Crippen molar-refractivity contribution in [3.05, 3.63) is 29.3 Å². The molecule has 0 unspecified atom stereocenters. The van der Waals surface area contributed by atoms with Gasteiger partial charge in [0.05, 0.1) is 0 Å². The Kier molecular flexibility index (Phi) is 2.77. The maximum atomic E-state index is 10.5. The topological polar surface area (TPSA) is 37.3 Å². The van der Waals surface area contributed by atoms with Gasteiger partial charge in [-0.25, -0.2) is 4.79 Å². The molecule has 1 aliphatic carbocycles. The van der Waals surface area contributed by atoms with Gasteiger partial charge < -0.3 is 5.11 Å². The second-order valence-electron chi connectivity index (χ2n) is 3.51. The van der Waals surface area contributed by atoms with Gasteiger partial charge in [-0.1, -0.05) is 6.07 Å². The fourth-order valence-corrected chi connectivity index (χ4v) is 2.41. The van der Waals surface area contributed by atoms with Crippen LogP contribution in [0.2, 0.25) is 0 Å². The first-order valence-electron chi connectivity index (χ1n) is 4.78. The Morgan fingerprint density at radius 3 is 2.64 bits per heavy atom. The van der Waals surface area contributed by atoms with Crippen LogP contribution in [-0.2, 0) is 12.8 Å². The van der Waals surface area contributed by atoms with Gasteiger partial charge in [-0.15, -0.1) is 0 Å². The largest absolute Gasteiger partial charge is 0.473 e. The number of thioether (sulfide) groups is 1. The molecule has 0 atom stereocenters. The third-order valence-corrected chi connectivity index (χ3v) is 3.19. The second-order valence-corrected chi connectivity index (χ2v) is 4.53. The normalized spacial score (nSPS) is 14.9. The maximum Gasteiger partial charge on any atom is 0.369 e. The molecule has 0 saturated heterocycles. The average molecular weight is 208 g/mol. The SMILES string of the molecule is O=C(O)Sc1ccc2c(c1)CCCC2. The zero-order chi connectivity index (χ0) is 9.97. The molecule has 2 nitrogen and oxygen atoms in total. The summed E-state index contributed by atoms with van der Waals surface area (Å²) in [6.07, 6.45) is 4.74. The standard InChI is InChI=1S/C11H12O2S/c12-11(13)14-10-6-5-8-3-1-2-4-9(8)7-10/h5-7H,1-4H2,(H,12,13). The number of hydrogen-bond donors (Lipinski definition) is 1. The Morgan fingerprint density at radius 2 is 1.93 bits per heavy atom. The van der Waals surface area contributed by atoms with E-state index in [0.29, 0.717) is 0 Å². The Hall–Kier alpha value is -0.960. The summed E-state index contributed by atoms with van der Waals surface area (Å²) in [6.45, 7) is 0. The summed E-state index contributed by atoms with van der Waals surface area (Å²) < 4.78 is 0. The molecule has 0 heterocycles. The van der Waals surface area contributed by atoms with E-state index < -0.39 is 5.30 Å². The molecule has 0 radical (unpaired) electrons. The predicted octanol–water partition coefficient (Wildman–Crippen LogP) is 3.34. The van der Waals surface area contributed by atoms with Crippen LogP contribution in [0.15, 0.2) is 23.1 Å². The lowest BCUT2D eigenvalue weighted by Gasteiger charge is -2.15. The van der Waals surface area contributed by atoms with E-state index in [4.69, 9.17) is 5.11 Å². The molecule has 0 bridgehead atoms. The van der Waals surface area contributed by atoms with Gasteiger partial charge in [0.25, 0.3) is 0 Å². The molecule has 74 valence electrons. The third kappa shape index (κ3) is 2.10. The van der Waals surface area contributed by atoms with Crippen molar-refractivity contribution in [2.45, 2.75) is 30.6 Å². The Balaban J connectivity index is 2.24. The Morgan fingerprint density at radius 1 is 1.21 bits per heavy atom. The third-order valence-electron chi connectivity index (χ3n) is 2.53. The summed E-state index contributed by atoms with van der Waals surface area (Å²) in [5.74, 6) is 0. The van der Waals surface area contributed by atoms with Crippen LogP contribution < -0.4 is 0 Å². The zero-order valence-electron chi connectivity index (χ0n) is 7.82. The summed E-state index contributed by atoms with van der Waals surface area (Å²) in [5, 5.41) is 7.80. The van der Waals surface area contributed by atoms with E-state index >= 15 is 0 Å². The second kappa shape index (κ2) is 4.05. The highest BCUT2D eigenvalue weighted by atomic mass is 32.2. The number of aryl methyl sites for hydroxylation is 2. The molecule has 1 aromatic rings. The first kappa shape index (κ1) is 9.59. The molecule has 0 amide bonds. The van der Waals surface area contributed by atoms with E-state index in [1.165, 1.54) is 24.0 Å². The molecule has 0 aromatic heterocycles. The van der Waals surface area contributed by atoms with Gasteiger partial charge in [-0.05, 0) is 60.7 Å². The molecule has 14 heavy (non-hydrogen) atoms. The first-order chi connectivity index (χ1) is 6.75. The number of carboxylic acid groups (broad SMARTS) is 1. The summed E-state index contributed by atoms with van der Waals surface area (Å²) in [5.41, 5.74) is 2.73. The fraction of sp³-hybridized carbons (Fsp3) is 0.364. The fourth-order valence-electron chi connectivity index (χ4n) is 1.87. The van der Waals surface area contributed by atoms with Crippen molar-refractivity contribution >= 4 is 17.1 Å². The van der Waals surface area contributed by atoms with E-state index in [2.05, 4.69) is 6.07 Å². The van der Waals surface area contributed by atoms with Gasteiger partial charge in [-0.3, -0.25) is 0 Å². The highest BCUT2D eigenvalue weighted by Gasteiger charge is 2.10. The Bertz CT molecular complexity index is 360. The van der Waals surface area contributed by atoms with E-state index in [9.17, 15) is 4.79 Å². The van der Waals surface area contributed by atoms with Crippen LogP contribution in [0.5, 0.6) is 0 Å². The van der Waals surface area contributed by atoms with Crippen LogP contribution in [0.1, 0.15) is 24.0 Å². The van der Waals surface area contributed by atoms with Crippen molar-refractivity contribution in [3.63, 3.8) is 0 Å². The molecule has 1 N–H and O–H groups in total. The van der Waals surface area contributed by atoms with Crippen molar-refractivity contribution in [1.82, 2.24) is 0 Å². The van der Waals surface area contributed by atoms with Crippen LogP contribution in [0.3, 0.4) is 0 Å². The summed E-state index contributed by atoms with van der Waals surface area (Å²) in [7, 11) is 0. The monoisotopic (exact) mass is 208 g/mol. The molecule has 0 fully saturated rings. The molecule has 0 aliphatic heterocycles. The minimum atomic E-state index is -0.833. The predicted molar refractivity (Wildman–Crippen MR) is 57.0 cm³/mol. The smallest absolute Gasteiger partial charge is 0.369 e. The highest BCUT2D eigenvalue weighted by Crippen LogP contribution is 2.26. The molecule has 1 aromatic carbocycles. The molecule has 1 aliphatic rings. The van der Waals surface area contributed by atoms with Crippen molar-refractivity contribution in [3.8, 4) is 0 Å². The molecular formula is C11H12O2S. The number of fused-ring (bicyclic) bond motifs is 1. The van der Waals surface area contributed by atoms with Crippen LogP contribution in [0, 0.1) is 0 Å². The van der Waals surface area contributed by atoms with Crippen LogP contribution >= 0.6 is 11.8 Å². The lowest BCUT2D eigenvalue weighted by molar-refractivity contribution is 0.222. The van der Waals surface area contributed by atoms with Crippen LogP contribution in [0.4, 0.5) is 4.79 Å². The number of benzene rings is 1. The molecular weight excluding hydrogens is 196 g/mol. The number of rotatable bonds is 1. The van der Waals surface area contributed by atoms with Gasteiger partial charge >= 0.3 is 5.30 Å². The van der Waals surface area contributed by atoms with Gasteiger partial charge in [0.2, 0.25) is 0 Å². The van der Waals surface area contributed by atoms with E-state index in [1.807, 2.05) is 12.1 Å². The molecule has 2 rings (SSSR count). The van der Waals surface area contributed by atoms with Gasteiger partial charge in [0.1, 0.15) is 0 Å². The average Bonchev–Trinajstić information content (AvgIpc) is 2.17. The summed E-state index contributed by atoms with van der Waals surface area (Å²) >= 11 is 0.888. The highest BCUT2D eigenvalue weighted by molar-refractivity contribution is 8.13. The van der Waals surface area contributed by atoms with E-state index in [0.717, 1.165) is 29.5 Å². The lowest BCUT2D eigenvalue weighted by Crippen LogP contribution is -2.02. The lowest BCUT2D eigenvalue weighted by atomic mass is 9.92. The van der Waals surface area contributed by atoms with Crippen molar-refractivity contribution in [2.75, 3.05) is 0 Å². The van der Waals surface area contributed by atoms with Gasteiger partial charge in [-0.2, -0.15) is 0 Å². The first-order valence-corrected chi connectivity index (χ1v) is 5.60. The van der Waals surface area contributed by atoms with Crippen LogP contribution in [-0.4, -0.2) is 10.4 Å². The number of hydrogen-bond acceptors (Lipinski definition) is 2. The zero-order valence-corrected chi connectivity index (χ0v) is 8.64. The van der Waals surface area contributed by atoms with Crippen molar-refractivity contribution < 1.29 is 9.90 Å². The van der Waals surface area contributed by atoms with Crippen molar-refractivity contribution in [2.24, 2.45) is 0 Å². The molecule has 0 saturated carbocycles. The number of carbonyl (C=O) groups is 1. The van der Waals surface area contributed by atoms with Crippen LogP contribution in [0.25, 0.3) is 0 Å². The molecule has 3 heteroatoms.